The number of rotatable bonds is 2. The maximum atomic E-state index is 13.1. The molecule has 1 N–H and O–H groups in total. The van der Waals surface area contributed by atoms with Crippen molar-refractivity contribution in [2.45, 2.75) is 12.5 Å². The Morgan fingerprint density at radius 1 is 1.50 bits per heavy atom. The minimum atomic E-state index is -0.797. The minimum absolute atomic E-state index is 0.265. The average molecular weight is 221 g/mol. The van der Waals surface area contributed by atoms with Crippen LogP contribution >= 0.6 is 0 Å². The summed E-state index contributed by atoms with van der Waals surface area (Å²) >= 11 is 0. The summed E-state index contributed by atoms with van der Waals surface area (Å²) in [5.41, 5.74) is 0.680. The summed E-state index contributed by atoms with van der Waals surface area (Å²) in [5.74, 6) is -0.360. The van der Waals surface area contributed by atoms with Gasteiger partial charge in [-0.3, -0.25) is 0 Å². The lowest BCUT2D eigenvalue weighted by Gasteiger charge is -2.26. The minimum Gasteiger partial charge on any atom is -0.480 e. The molecule has 0 radical (unpaired) electrons. The van der Waals surface area contributed by atoms with Crippen LogP contribution in [0.1, 0.15) is 6.42 Å². The number of piperidine rings is 1. The summed E-state index contributed by atoms with van der Waals surface area (Å²) in [4.78, 5) is 13.0. The van der Waals surface area contributed by atoms with Gasteiger partial charge in [-0.1, -0.05) is 6.07 Å². The number of carboxylic acid groups (broad SMARTS) is 1. The third kappa shape index (κ3) is 1.37. The van der Waals surface area contributed by atoms with Gasteiger partial charge in [0.1, 0.15) is 11.9 Å². The van der Waals surface area contributed by atoms with Crippen molar-refractivity contribution in [1.82, 2.24) is 0 Å². The van der Waals surface area contributed by atoms with Crippen molar-refractivity contribution >= 4 is 11.7 Å². The van der Waals surface area contributed by atoms with Gasteiger partial charge in [-0.15, -0.1) is 0 Å². The fourth-order valence-corrected chi connectivity index (χ4v) is 2.70. The molecule has 16 heavy (non-hydrogen) atoms. The van der Waals surface area contributed by atoms with Crippen molar-refractivity contribution in [3.8, 4) is 0 Å². The first-order valence-corrected chi connectivity index (χ1v) is 5.42. The predicted octanol–water partition coefficient (Wildman–Crippen LogP) is 1.74. The number of carboxylic acids is 1. The highest BCUT2D eigenvalue weighted by atomic mass is 19.1. The van der Waals surface area contributed by atoms with Crippen LogP contribution in [0.4, 0.5) is 10.1 Å². The predicted molar refractivity (Wildman–Crippen MR) is 56.8 cm³/mol. The second kappa shape index (κ2) is 3.20. The Balaban J connectivity index is 1.92. The lowest BCUT2D eigenvalue weighted by atomic mass is 10.1. The van der Waals surface area contributed by atoms with Gasteiger partial charge in [0.2, 0.25) is 0 Å². The number of fused-ring (bicyclic) bond motifs is 1. The Morgan fingerprint density at radius 3 is 3.00 bits per heavy atom. The van der Waals surface area contributed by atoms with Gasteiger partial charge in [0.05, 0.1) is 0 Å². The molecule has 1 aliphatic carbocycles. The molecule has 3 rings (SSSR count). The molecule has 3 unspecified atom stereocenters. The molecule has 0 amide bonds. The van der Waals surface area contributed by atoms with E-state index in [0.29, 0.717) is 11.6 Å². The quantitative estimate of drug-likeness (QED) is 0.826. The van der Waals surface area contributed by atoms with Crippen molar-refractivity contribution in [1.29, 1.82) is 0 Å². The van der Waals surface area contributed by atoms with Crippen LogP contribution in [0.2, 0.25) is 0 Å². The van der Waals surface area contributed by atoms with Crippen LogP contribution < -0.4 is 4.90 Å². The number of halogens is 1. The maximum absolute atomic E-state index is 13.1. The van der Waals surface area contributed by atoms with Crippen LogP contribution in [0.15, 0.2) is 24.3 Å². The number of nitrogens with zero attached hydrogens (tertiary/aromatic N) is 1. The summed E-state index contributed by atoms with van der Waals surface area (Å²) in [6, 6.07) is 5.69. The van der Waals surface area contributed by atoms with Crippen LogP contribution in [-0.4, -0.2) is 23.7 Å². The van der Waals surface area contributed by atoms with Crippen LogP contribution in [0.5, 0.6) is 0 Å². The summed E-state index contributed by atoms with van der Waals surface area (Å²) in [5, 5.41) is 9.18. The Hall–Kier alpha value is -1.58. The second-order valence-electron chi connectivity index (χ2n) is 4.57. The Bertz CT molecular complexity index is 448. The molecule has 84 valence electrons. The highest BCUT2D eigenvalue weighted by molar-refractivity contribution is 5.80. The molecule has 1 aromatic carbocycles. The molecule has 3 atom stereocenters. The first-order valence-electron chi connectivity index (χ1n) is 5.42. The third-order valence-corrected chi connectivity index (χ3v) is 3.54. The molecule has 0 bridgehead atoms. The topological polar surface area (TPSA) is 40.5 Å². The normalized spacial score (nSPS) is 31.3. The lowest BCUT2D eigenvalue weighted by Crippen LogP contribution is -2.39. The molecule has 1 heterocycles. The van der Waals surface area contributed by atoms with Gasteiger partial charge in [0.15, 0.2) is 0 Å². The van der Waals surface area contributed by atoms with Crippen molar-refractivity contribution in [2.75, 3.05) is 11.4 Å². The van der Waals surface area contributed by atoms with E-state index < -0.39 is 12.0 Å². The zero-order chi connectivity index (χ0) is 11.3. The standard InChI is InChI=1S/C12H12FNO2/c13-8-2-1-3-9(5-8)14-6-7-4-10(7)11(14)12(15)16/h1-3,5,7,10-11H,4,6H2,(H,15,16). The first-order chi connectivity index (χ1) is 7.66. The molecular formula is C12H12FNO2. The van der Waals surface area contributed by atoms with E-state index >= 15 is 0 Å². The highest BCUT2D eigenvalue weighted by Gasteiger charge is 2.55. The van der Waals surface area contributed by atoms with Crippen LogP contribution in [-0.2, 0) is 4.79 Å². The number of hydrogen-bond acceptors (Lipinski definition) is 2. The smallest absolute Gasteiger partial charge is 0.326 e. The lowest BCUT2D eigenvalue weighted by molar-refractivity contribution is -0.138. The maximum Gasteiger partial charge on any atom is 0.326 e. The zero-order valence-electron chi connectivity index (χ0n) is 8.64. The summed E-state index contributed by atoms with van der Waals surface area (Å²) in [6.07, 6.45) is 1.00. The molecule has 1 aliphatic heterocycles. The molecule has 4 heteroatoms. The van der Waals surface area contributed by atoms with E-state index in [1.165, 1.54) is 12.1 Å². The number of aliphatic carboxylic acids is 1. The van der Waals surface area contributed by atoms with E-state index in [1.54, 1.807) is 12.1 Å². The monoisotopic (exact) mass is 221 g/mol. The SMILES string of the molecule is O=C(O)C1C2CC2CN1c1cccc(F)c1. The fourth-order valence-electron chi connectivity index (χ4n) is 2.70. The van der Waals surface area contributed by atoms with Gasteiger partial charge in [0.25, 0.3) is 0 Å². The highest BCUT2D eigenvalue weighted by Crippen LogP contribution is 2.50. The molecule has 2 aliphatic rings. The van der Waals surface area contributed by atoms with E-state index in [2.05, 4.69) is 0 Å². The molecule has 1 saturated heterocycles. The average Bonchev–Trinajstić information content (AvgIpc) is 2.88. The fraction of sp³-hybridized carbons (Fsp3) is 0.417. The molecule has 2 fully saturated rings. The van der Waals surface area contributed by atoms with Gasteiger partial charge in [0, 0.05) is 12.2 Å². The molecule has 0 aromatic heterocycles. The third-order valence-electron chi connectivity index (χ3n) is 3.54. The van der Waals surface area contributed by atoms with Gasteiger partial charge in [-0.05, 0) is 36.5 Å². The van der Waals surface area contributed by atoms with Crippen molar-refractivity contribution in [2.24, 2.45) is 11.8 Å². The zero-order valence-corrected chi connectivity index (χ0v) is 8.64. The number of benzene rings is 1. The van der Waals surface area contributed by atoms with E-state index in [4.69, 9.17) is 0 Å². The van der Waals surface area contributed by atoms with Crippen molar-refractivity contribution in [3.63, 3.8) is 0 Å². The number of hydrogen-bond donors (Lipinski definition) is 1. The van der Waals surface area contributed by atoms with Crippen molar-refractivity contribution < 1.29 is 14.3 Å². The van der Waals surface area contributed by atoms with Crippen LogP contribution in [0.25, 0.3) is 0 Å². The van der Waals surface area contributed by atoms with Gasteiger partial charge in [-0.25, -0.2) is 9.18 Å². The van der Waals surface area contributed by atoms with Crippen LogP contribution in [0, 0.1) is 17.7 Å². The number of anilines is 1. The van der Waals surface area contributed by atoms with Gasteiger partial charge < -0.3 is 10.0 Å². The van der Waals surface area contributed by atoms with E-state index in [9.17, 15) is 14.3 Å². The Labute approximate surface area is 92.5 Å². The molecule has 1 aromatic rings. The van der Waals surface area contributed by atoms with Crippen molar-refractivity contribution in [3.05, 3.63) is 30.1 Å². The Kier molecular flexibility index (Phi) is 1.93. The van der Waals surface area contributed by atoms with E-state index in [-0.39, 0.29) is 11.7 Å². The second-order valence-corrected chi connectivity index (χ2v) is 4.57. The van der Waals surface area contributed by atoms with Gasteiger partial charge >= 0.3 is 5.97 Å². The molecular weight excluding hydrogens is 209 g/mol. The summed E-state index contributed by atoms with van der Waals surface area (Å²) in [7, 11) is 0. The summed E-state index contributed by atoms with van der Waals surface area (Å²) < 4.78 is 13.1. The van der Waals surface area contributed by atoms with E-state index in [0.717, 1.165) is 13.0 Å². The largest absolute Gasteiger partial charge is 0.480 e. The molecule has 1 saturated carbocycles. The van der Waals surface area contributed by atoms with Crippen LogP contribution in [0.3, 0.4) is 0 Å². The summed E-state index contributed by atoms with van der Waals surface area (Å²) in [6.45, 7) is 0.741. The number of carbonyl (C=O) groups is 1. The van der Waals surface area contributed by atoms with E-state index in [1.807, 2.05) is 4.90 Å². The molecule has 0 spiro atoms. The Morgan fingerprint density at radius 2 is 2.31 bits per heavy atom. The first kappa shape index (κ1) is 9.63. The molecule has 3 nitrogen and oxygen atoms in total. The van der Waals surface area contributed by atoms with Gasteiger partial charge in [-0.2, -0.15) is 0 Å².